The summed E-state index contributed by atoms with van der Waals surface area (Å²) in [6.45, 7) is 8.77. The summed E-state index contributed by atoms with van der Waals surface area (Å²) in [6.07, 6.45) is 0. The predicted molar refractivity (Wildman–Crippen MR) is 403 cm³/mol. The van der Waals surface area contributed by atoms with E-state index in [2.05, 4.69) is 319 Å². The molecule has 0 aliphatic heterocycles. The van der Waals surface area contributed by atoms with Gasteiger partial charge >= 0.3 is 0 Å². The van der Waals surface area contributed by atoms with Crippen LogP contribution in [0.5, 0.6) is 0 Å². The Balaban J connectivity index is 0.879. The molecule has 2 aliphatic rings. The Bertz CT molecular complexity index is 5440. The molecule has 436 valence electrons. The van der Waals surface area contributed by atoms with Crippen LogP contribution in [0.4, 0.5) is 0 Å². The van der Waals surface area contributed by atoms with Gasteiger partial charge in [0.05, 0.1) is 0 Å². The molecule has 0 nitrogen and oxygen atoms in total. The van der Waals surface area contributed by atoms with Crippen molar-refractivity contribution in [2.45, 2.75) is 27.7 Å². The van der Waals surface area contributed by atoms with Crippen molar-refractivity contribution in [1.82, 2.24) is 0 Å². The average Bonchev–Trinajstić information content (AvgIpc) is 1.43. The zero-order chi connectivity index (χ0) is 62.2. The lowest BCUT2D eigenvalue weighted by atomic mass is 9.76. The van der Waals surface area contributed by atoms with Gasteiger partial charge in [-0.2, -0.15) is 0 Å². The fourth-order valence-corrected chi connectivity index (χ4v) is 17.3. The maximum Gasteiger partial charge on any atom is -0.000718 e. The summed E-state index contributed by atoms with van der Waals surface area (Å²) in [5.41, 5.74) is 35.2. The van der Waals surface area contributed by atoms with Crippen molar-refractivity contribution < 1.29 is 0 Å². The van der Waals surface area contributed by atoms with E-state index in [9.17, 15) is 0 Å². The standard InChI is InChI=1S/C94H60/c1-53-25-33-61(34-26-53)77-78(62-35-27-54(2)28-36-62)82(58-19-11-6-12-20-58)92-74-50-46-70-66-42-44-68-72-48-52-76-90-75(51-47-71(88(72)90)67-43-41-65(85(66)86(67)68)69-45-49-73(89(74)87(69)70)91(92)81(77)57-17-9-5-10-18-57)93-83(59-21-13-7-14-22-59)79(63-37-29-55(3)30-38-63)80(64-39-31-56(4)32-40-64)84(94(76)93)60-23-15-8-16-24-60/h5-52H,1-4H3. The van der Waals surface area contributed by atoms with Crippen molar-refractivity contribution in [3.63, 3.8) is 0 Å². The van der Waals surface area contributed by atoms with Gasteiger partial charge in [0.2, 0.25) is 0 Å². The smallest absolute Gasteiger partial charge is 0.000718 e. The first-order valence-electron chi connectivity index (χ1n) is 33.1. The van der Waals surface area contributed by atoms with Crippen LogP contribution in [0, 0.1) is 27.7 Å². The minimum Gasteiger partial charge on any atom is -0.0622 e. The van der Waals surface area contributed by atoms with E-state index in [0.29, 0.717) is 0 Å². The molecule has 18 aromatic rings. The van der Waals surface area contributed by atoms with Crippen LogP contribution in [0.15, 0.2) is 291 Å². The van der Waals surface area contributed by atoms with E-state index in [-0.39, 0.29) is 0 Å². The first-order valence-corrected chi connectivity index (χ1v) is 33.1. The zero-order valence-electron chi connectivity index (χ0n) is 52.7. The summed E-state index contributed by atoms with van der Waals surface area (Å²) in [4.78, 5) is 0. The van der Waals surface area contributed by atoms with Crippen LogP contribution in [0.1, 0.15) is 22.3 Å². The molecule has 0 saturated carbocycles. The van der Waals surface area contributed by atoms with Gasteiger partial charge in [0.1, 0.15) is 0 Å². The Morgan fingerprint density at radius 3 is 0.489 bits per heavy atom. The van der Waals surface area contributed by atoms with Crippen molar-refractivity contribution >= 4 is 75.4 Å². The SMILES string of the molecule is Cc1ccc(-c2c(-c3ccc(C)cc3)c(-c3ccccc3)c3c(c2-c2ccccc2)-c2ccc4c5ccc6c7ccc8c9c(ccc(c%10ccc(c%11ccc-3c2c4%11)c5c6%10)c97)-c2c(-c3ccccc3)c(-c3ccc(C)cc3)c(-c3ccc(C)cc3)c(-c3ccccc3)c2-8)cc1. The van der Waals surface area contributed by atoms with Crippen molar-refractivity contribution in [3.05, 3.63) is 313 Å². The summed E-state index contributed by atoms with van der Waals surface area (Å²) in [5, 5.41) is 18.4. The maximum atomic E-state index is 2.48. The minimum atomic E-state index is 1.21. The van der Waals surface area contributed by atoms with E-state index in [0.717, 1.165) is 0 Å². The van der Waals surface area contributed by atoms with Crippen LogP contribution in [0.2, 0.25) is 0 Å². The zero-order valence-corrected chi connectivity index (χ0v) is 52.7. The molecule has 0 heteroatoms. The van der Waals surface area contributed by atoms with Gasteiger partial charge < -0.3 is 0 Å². The Morgan fingerprint density at radius 1 is 0.128 bits per heavy atom. The van der Waals surface area contributed by atoms with E-state index in [1.165, 1.54) is 231 Å². The summed E-state index contributed by atoms with van der Waals surface area (Å²) in [6, 6.07) is 112. The Morgan fingerprint density at radius 2 is 0.287 bits per heavy atom. The van der Waals surface area contributed by atoms with Gasteiger partial charge in [0.25, 0.3) is 0 Å². The second-order valence-electron chi connectivity index (χ2n) is 26.6. The van der Waals surface area contributed by atoms with Crippen molar-refractivity contribution in [2.24, 2.45) is 0 Å². The van der Waals surface area contributed by atoms with Gasteiger partial charge in [-0.1, -0.05) is 313 Å². The molecule has 0 fully saturated rings. The van der Waals surface area contributed by atoms with Gasteiger partial charge in [-0.15, -0.1) is 0 Å². The molecule has 0 amide bonds. The summed E-state index contributed by atoms with van der Waals surface area (Å²) in [5.74, 6) is 0. The summed E-state index contributed by atoms with van der Waals surface area (Å²) in [7, 11) is 0. The molecule has 0 saturated heterocycles. The van der Waals surface area contributed by atoms with Crippen molar-refractivity contribution in [2.75, 3.05) is 0 Å². The summed E-state index contributed by atoms with van der Waals surface area (Å²) < 4.78 is 0. The first-order chi connectivity index (χ1) is 46.3. The third-order valence-electron chi connectivity index (χ3n) is 21.3. The normalized spacial score (nSPS) is 12.3. The molecule has 0 atom stereocenters. The molecule has 94 heavy (non-hydrogen) atoms. The van der Waals surface area contributed by atoms with E-state index in [4.69, 9.17) is 0 Å². The van der Waals surface area contributed by atoms with Crippen molar-refractivity contribution in [1.29, 1.82) is 0 Å². The number of aryl methyl sites for hydroxylation is 4. The second-order valence-corrected chi connectivity index (χ2v) is 26.6. The Labute approximate surface area is 546 Å². The van der Waals surface area contributed by atoms with Crippen LogP contribution in [0.25, 0.3) is 209 Å². The third kappa shape index (κ3) is 7.34. The highest BCUT2D eigenvalue weighted by atomic mass is 14.4. The highest BCUT2D eigenvalue weighted by Gasteiger charge is 2.38. The van der Waals surface area contributed by atoms with Crippen LogP contribution in [-0.2, 0) is 0 Å². The number of benzene rings is 18. The van der Waals surface area contributed by atoms with E-state index >= 15 is 0 Å². The number of rotatable bonds is 8. The Kier molecular flexibility index (Phi) is 11.2. The average molecular weight is 1190 g/mol. The van der Waals surface area contributed by atoms with Gasteiger partial charge in [0, 0.05) is 0 Å². The van der Waals surface area contributed by atoms with E-state index in [1.807, 2.05) is 0 Å². The fourth-order valence-electron chi connectivity index (χ4n) is 17.3. The van der Waals surface area contributed by atoms with E-state index < -0.39 is 0 Å². The molecule has 18 aromatic carbocycles. The summed E-state index contributed by atoms with van der Waals surface area (Å²) >= 11 is 0. The van der Waals surface area contributed by atoms with Crippen LogP contribution >= 0.6 is 0 Å². The molecule has 0 spiro atoms. The maximum absolute atomic E-state index is 2.48. The monoisotopic (exact) mass is 1190 g/mol. The van der Waals surface area contributed by atoms with Crippen LogP contribution in [0.3, 0.4) is 0 Å². The molecule has 0 aromatic heterocycles. The molecule has 0 heterocycles. The molecule has 20 rings (SSSR count). The lowest BCUT2D eigenvalue weighted by Gasteiger charge is -2.26. The highest BCUT2D eigenvalue weighted by Crippen LogP contribution is 2.65. The molecule has 0 radical (unpaired) electrons. The predicted octanol–water partition coefficient (Wildman–Crippen LogP) is 26.5. The van der Waals surface area contributed by atoms with Gasteiger partial charge in [-0.25, -0.2) is 0 Å². The molecule has 0 bridgehead atoms. The largest absolute Gasteiger partial charge is 0.0622 e. The molecular formula is C94H60. The van der Waals surface area contributed by atoms with Gasteiger partial charge in [0.15, 0.2) is 0 Å². The minimum absolute atomic E-state index is 1.21. The fraction of sp³-hybridized carbons (Fsp3) is 0.0426. The number of hydrogen-bond donors (Lipinski definition) is 0. The lowest BCUT2D eigenvalue weighted by Crippen LogP contribution is -1.99. The van der Waals surface area contributed by atoms with Crippen LogP contribution < -0.4 is 0 Å². The topological polar surface area (TPSA) is 0 Å². The second kappa shape index (κ2) is 19.9. The number of fused-ring (bicyclic) bond motifs is 10. The van der Waals surface area contributed by atoms with Gasteiger partial charge in [-0.05, 0) is 237 Å². The number of hydrogen-bond acceptors (Lipinski definition) is 0. The van der Waals surface area contributed by atoms with Crippen molar-refractivity contribution in [3.8, 4) is 134 Å². The third-order valence-corrected chi connectivity index (χ3v) is 21.3. The molecule has 0 unspecified atom stereocenters. The molecule has 0 N–H and O–H groups in total. The van der Waals surface area contributed by atoms with Gasteiger partial charge in [-0.3, -0.25) is 0 Å². The molecule has 2 aliphatic carbocycles. The Hall–Kier alpha value is -11.7. The quantitative estimate of drug-likeness (QED) is 0.105. The van der Waals surface area contributed by atoms with Crippen LogP contribution in [-0.4, -0.2) is 0 Å². The van der Waals surface area contributed by atoms with E-state index in [1.54, 1.807) is 0 Å². The lowest BCUT2D eigenvalue weighted by molar-refractivity contribution is 1.45. The highest BCUT2D eigenvalue weighted by molar-refractivity contribution is 6.46. The first kappa shape index (κ1) is 53.0. The molecular weight excluding hydrogens is 1130 g/mol.